The number of aromatic nitrogens is 2. The fraction of sp³-hybridized carbons (Fsp3) is 0.227. The molecule has 0 unspecified atom stereocenters. The summed E-state index contributed by atoms with van der Waals surface area (Å²) >= 11 is 0. The Bertz CT molecular complexity index is 1130. The number of benzene rings is 2. The molecule has 3 aromatic rings. The van der Waals surface area contributed by atoms with Crippen molar-refractivity contribution >= 4 is 12.7 Å². The Morgan fingerprint density at radius 1 is 1.18 bits per heavy atom. The first-order valence-corrected chi connectivity index (χ1v) is 8.97. The number of halogens is 1. The lowest BCUT2D eigenvalue weighted by molar-refractivity contribution is 0.257. The number of rotatable bonds is 6. The van der Waals surface area contributed by atoms with E-state index >= 15 is 0 Å². The van der Waals surface area contributed by atoms with Crippen LogP contribution in [0.15, 0.2) is 47.3 Å². The Morgan fingerprint density at radius 3 is 2.54 bits per heavy atom. The molecule has 0 atom stereocenters. The number of nitrogens with zero attached hydrogens (tertiary/aromatic N) is 1. The standard InChI is InChI=1S/C22H23FN2O3/c1-14(2)13-28-20-10-5-16(12-21(20)27-4)11-19-15(3)24-25(22(19)26)18-8-6-17(23)7-9-18/h5-12,14,24H,3,13H2,1-2,4H3/b19-11+. The van der Waals surface area contributed by atoms with Gasteiger partial charge in [-0.3, -0.25) is 9.89 Å². The molecule has 0 aliphatic heterocycles. The Labute approximate surface area is 162 Å². The number of H-pyrrole nitrogens is 1. The summed E-state index contributed by atoms with van der Waals surface area (Å²) < 4.78 is 25.7. The van der Waals surface area contributed by atoms with Crippen LogP contribution in [0.2, 0.25) is 0 Å². The summed E-state index contributed by atoms with van der Waals surface area (Å²) in [6.45, 7) is 8.64. The van der Waals surface area contributed by atoms with Crippen LogP contribution < -0.4 is 25.6 Å². The number of ether oxygens (including phenoxy) is 2. The van der Waals surface area contributed by atoms with E-state index in [1.807, 2.05) is 18.2 Å². The van der Waals surface area contributed by atoms with Gasteiger partial charge in [-0.05, 0) is 54.0 Å². The van der Waals surface area contributed by atoms with E-state index < -0.39 is 0 Å². The van der Waals surface area contributed by atoms with E-state index in [2.05, 4.69) is 25.5 Å². The first-order chi connectivity index (χ1) is 13.4. The molecular formula is C22H23FN2O3. The summed E-state index contributed by atoms with van der Waals surface area (Å²) in [5.74, 6) is 1.28. The molecular weight excluding hydrogens is 359 g/mol. The molecule has 0 radical (unpaired) electrons. The van der Waals surface area contributed by atoms with Crippen molar-refractivity contribution in [1.82, 2.24) is 9.78 Å². The van der Waals surface area contributed by atoms with E-state index in [4.69, 9.17) is 9.47 Å². The minimum absolute atomic E-state index is 0.268. The lowest BCUT2D eigenvalue weighted by Crippen LogP contribution is -2.33. The van der Waals surface area contributed by atoms with Gasteiger partial charge in [-0.1, -0.05) is 26.5 Å². The Morgan fingerprint density at radius 2 is 1.89 bits per heavy atom. The molecule has 1 N–H and O–H groups in total. The van der Waals surface area contributed by atoms with Crippen molar-refractivity contribution in [3.05, 3.63) is 74.8 Å². The monoisotopic (exact) mass is 382 g/mol. The van der Waals surface area contributed by atoms with E-state index in [0.717, 1.165) is 5.56 Å². The summed E-state index contributed by atoms with van der Waals surface area (Å²) in [7, 11) is 1.58. The Hall–Kier alpha value is -3.28. The van der Waals surface area contributed by atoms with Crippen LogP contribution in [0.25, 0.3) is 18.3 Å². The second-order valence-corrected chi connectivity index (χ2v) is 6.88. The van der Waals surface area contributed by atoms with Gasteiger partial charge in [0.2, 0.25) is 0 Å². The molecule has 0 aliphatic rings. The summed E-state index contributed by atoms with van der Waals surface area (Å²) in [4.78, 5) is 12.8. The molecule has 1 heterocycles. The van der Waals surface area contributed by atoms with Crippen molar-refractivity contribution in [2.45, 2.75) is 13.8 Å². The molecule has 2 aromatic carbocycles. The topological polar surface area (TPSA) is 56.2 Å². The van der Waals surface area contributed by atoms with Gasteiger partial charge in [0.05, 0.1) is 30.0 Å². The van der Waals surface area contributed by atoms with E-state index in [1.165, 1.54) is 28.9 Å². The quantitative estimate of drug-likeness (QED) is 0.713. The van der Waals surface area contributed by atoms with E-state index in [9.17, 15) is 9.18 Å². The average molecular weight is 382 g/mol. The van der Waals surface area contributed by atoms with Crippen molar-refractivity contribution in [2.24, 2.45) is 5.92 Å². The highest BCUT2D eigenvalue weighted by Crippen LogP contribution is 2.28. The molecule has 0 amide bonds. The first-order valence-electron chi connectivity index (χ1n) is 8.97. The van der Waals surface area contributed by atoms with Gasteiger partial charge in [0.25, 0.3) is 5.56 Å². The molecule has 0 aliphatic carbocycles. The van der Waals surface area contributed by atoms with Gasteiger partial charge in [0.15, 0.2) is 11.5 Å². The van der Waals surface area contributed by atoms with Crippen LogP contribution in [-0.4, -0.2) is 23.5 Å². The summed E-state index contributed by atoms with van der Waals surface area (Å²) in [6, 6.07) is 11.1. The summed E-state index contributed by atoms with van der Waals surface area (Å²) in [6.07, 6.45) is 1.73. The van der Waals surface area contributed by atoms with Crippen LogP contribution in [0.3, 0.4) is 0 Å². The van der Waals surface area contributed by atoms with Crippen LogP contribution in [0.4, 0.5) is 4.39 Å². The zero-order chi connectivity index (χ0) is 20.3. The smallest absolute Gasteiger partial charge is 0.279 e. The fourth-order valence-corrected chi connectivity index (χ4v) is 2.73. The van der Waals surface area contributed by atoms with Gasteiger partial charge in [-0.25, -0.2) is 9.07 Å². The van der Waals surface area contributed by atoms with Gasteiger partial charge in [-0.15, -0.1) is 0 Å². The minimum Gasteiger partial charge on any atom is -0.493 e. The first kappa shape index (κ1) is 19.5. The zero-order valence-corrected chi connectivity index (χ0v) is 16.2. The third-order valence-corrected chi connectivity index (χ3v) is 4.16. The van der Waals surface area contributed by atoms with Crippen LogP contribution in [0.5, 0.6) is 11.5 Å². The number of hydrogen-bond donors (Lipinski definition) is 1. The third kappa shape index (κ3) is 4.17. The van der Waals surface area contributed by atoms with Gasteiger partial charge in [0, 0.05) is 0 Å². The van der Waals surface area contributed by atoms with Crippen molar-refractivity contribution in [1.29, 1.82) is 0 Å². The SMILES string of the molecule is C=c1[nH]n(-c2ccc(F)cc2)c(=O)/c1=C/c1ccc(OCC(C)C)c(OC)c1. The van der Waals surface area contributed by atoms with Gasteiger partial charge in [0.1, 0.15) is 5.82 Å². The highest BCUT2D eigenvalue weighted by Gasteiger charge is 2.08. The van der Waals surface area contributed by atoms with Crippen molar-refractivity contribution in [3.63, 3.8) is 0 Å². The predicted octanol–water partition coefficient (Wildman–Crippen LogP) is 2.59. The van der Waals surface area contributed by atoms with Crippen LogP contribution in [-0.2, 0) is 0 Å². The van der Waals surface area contributed by atoms with Crippen LogP contribution >= 0.6 is 0 Å². The molecule has 0 spiro atoms. The predicted molar refractivity (Wildman–Crippen MR) is 108 cm³/mol. The second-order valence-electron chi connectivity index (χ2n) is 6.88. The number of hydrogen-bond acceptors (Lipinski definition) is 3. The maximum atomic E-state index is 13.1. The molecule has 3 rings (SSSR count). The molecule has 0 saturated heterocycles. The van der Waals surface area contributed by atoms with Crippen molar-refractivity contribution in [2.75, 3.05) is 13.7 Å². The maximum absolute atomic E-state index is 13.1. The highest BCUT2D eigenvalue weighted by atomic mass is 19.1. The lowest BCUT2D eigenvalue weighted by atomic mass is 10.1. The summed E-state index contributed by atoms with van der Waals surface area (Å²) in [5.41, 5.74) is 1.04. The highest BCUT2D eigenvalue weighted by molar-refractivity contribution is 5.56. The van der Waals surface area contributed by atoms with Crippen molar-refractivity contribution in [3.8, 4) is 17.2 Å². The molecule has 0 saturated carbocycles. The number of methoxy groups -OCH3 is 1. The molecule has 146 valence electrons. The summed E-state index contributed by atoms with van der Waals surface area (Å²) in [5, 5.41) is 3.81. The molecule has 5 nitrogen and oxygen atoms in total. The van der Waals surface area contributed by atoms with Crippen molar-refractivity contribution < 1.29 is 13.9 Å². The zero-order valence-electron chi connectivity index (χ0n) is 16.2. The van der Waals surface area contributed by atoms with E-state index in [0.29, 0.717) is 40.3 Å². The average Bonchev–Trinajstić information content (AvgIpc) is 2.95. The molecule has 1 aromatic heterocycles. The largest absolute Gasteiger partial charge is 0.493 e. The lowest BCUT2D eigenvalue weighted by Gasteiger charge is -2.12. The van der Waals surface area contributed by atoms with E-state index in [1.54, 1.807) is 13.2 Å². The molecule has 28 heavy (non-hydrogen) atoms. The minimum atomic E-state index is -0.364. The number of nitrogens with one attached hydrogen (secondary N) is 1. The Balaban J connectivity index is 2.01. The van der Waals surface area contributed by atoms with E-state index in [-0.39, 0.29) is 11.4 Å². The maximum Gasteiger partial charge on any atom is 0.279 e. The Kier molecular flexibility index (Phi) is 5.68. The fourth-order valence-electron chi connectivity index (χ4n) is 2.73. The van der Waals surface area contributed by atoms with Gasteiger partial charge in [-0.2, -0.15) is 0 Å². The second kappa shape index (κ2) is 8.17. The van der Waals surface area contributed by atoms with Crippen LogP contribution in [0.1, 0.15) is 19.4 Å². The number of aromatic amines is 1. The van der Waals surface area contributed by atoms with Gasteiger partial charge < -0.3 is 9.47 Å². The molecule has 0 bridgehead atoms. The van der Waals surface area contributed by atoms with Crippen LogP contribution in [0, 0.1) is 11.7 Å². The van der Waals surface area contributed by atoms with Gasteiger partial charge >= 0.3 is 0 Å². The third-order valence-electron chi connectivity index (χ3n) is 4.16. The molecule has 0 fully saturated rings. The molecule has 6 heteroatoms. The normalized spacial score (nSPS) is 11.8.